The Morgan fingerprint density at radius 2 is 2.27 bits per heavy atom. The van der Waals surface area contributed by atoms with Gasteiger partial charge in [-0.1, -0.05) is 0 Å². The second-order valence-corrected chi connectivity index (χ2v) is 4.59. The maximum atomic E-state index is 4.48. The molecule has 1 aromatic rings. The lowest BCUT2D eigenvalue weighted by molar-refractivity contribution is 0.835. The van der Waals surface area contributed by atoms with Gasteiger partial charge in [-0.05, 0) is 13.0 Å². The summed E-state index contributed by atoms with van der Waals surface area (Å²) in [4.78, 5) is 11.0. The molecule has 2 rings (SSSR count). The van der Waals surface area contributed by atoms with Gasteiger partial charge in [0, 0.05) is 37.3 Å². The van der Waals surface area contributed by atoms with Crippen LogP contribution in [-0.2, 0) is 0 Å². The minimum Gasteiger partial charge on any atom is -0.355 e. The maximum Gasteiger partial charge on any atom is 0.224 e. The third kappa shape index (κ3) is 2.75. The van der Waals surface area contributed by atoms with Gasteiger partial charge >= 0.3 is 0 Å². The van der Waals surface area contributed by atoms with Crippen molar-refractivity contribution in [1.29, 1.82) is 0 Å². The van der Waals surface area contributed by atoms with E-state index in [4.69, 9.17) is 0 Å². The highest BCUT2D eigenvalue weighted by atomic mass is 32.2. The number of hydrogen-bond acceptors (Lipinski definition) is 5. The fourth-order valence-electron chi connectivity index (χ4n) is 1.56. The van der Waals surface area contributed by atoms with Crippen molar-refractivity contribution in [2.75, 3.05) is 41.4 Å². The Kier molecular flexibility index (Phi) is 3.66. The van der Waals surface area contributed by atoms with Crippen molar-refractivity contribution in [3.05, 3.63) is 12.3 Å². The Hall–Kier alpha value is -0.970. The van der Waals surface area contributed by atoms with Gasteiger partial charge in [-0.2, -0.15) is 16.7 Å². The first-order valence-corrected chi connectivity index (χ1v) is 6.45. The zero-order valence-corrected chi connectivity index (χ0v) is 9.76. The molecule has 2 heterocycles. The van der Waals surface area contributed by atoms with E-state index in [0.717, 1.165) is 31.4 Å². The number of hydrogen-bond donors (Lipinski definition) is 1. The number of anilines is 2. The molecule has 1 saturated heterocycles. The molecule has 0 unspecified atom stereocenters. The summed E-state index contributed by atoms with van der Waals surface area (Å²) < 4.78 is 0. The van der Waals surface area contributed by atoms with Crippen molar-refractivity contribution in [3.8, 4) is 0 Å². The summed E-state index contributed by atoms with van der Waals surface area (Å²) in [6, 6.07) is 1.98. The molecule has 5 heteroatoms. The van der Waals surface area contributed by atoms with Gasteiger partial charge < -0.3 is 10.2 Å². The highest BCUT2D eigenvalue weighted by Gasteiger charge is 2.12. The third-order valence-corrected chi connectivity index (χ3v) is 3.25. The SMILES string of the molecule is CCNc1nccc(N2CCSCC2)n1. The molecular formula is C10H16N4S. The van der Waals surface area contributed by atoms with Crippen LogP contribution in [0, 0.1) is 0 Å². The number of thioether (sulfide) groups is 1. The van der Waals surface area contributed by atoms with E-state index >= 15 is 0 Å². The number of nitrogens with zero attached hydrogens (tertiary/aromatic N) is 3. The normalized spacial score (nSPS) is 16.5. The molecule has 0 saturated carbocycles. The second-order valence-electron chi connectivity index (χ2n) is 3.37. The highest BCUT2D eigenvalue weighted by Crippen LogP contribution is 2.17. The summed E-state index contributed by atoms with van der Waals surface area (Å²) in [5.74, 6) is 4.16. The van der Waals surface area contributed by atoms with Crippen LogP contribution in [0.3, 0.4) is 0 Å². The molecule has 1 aliphatic rings. The van der Waals surface area contributed by atoms with Crippen LogP contribution >= 0.6 is 11.8 Å². The molecule has 0 amide bonds. The minimum absolute atomic E-state index is 0.730. The predicted octanol–water partition coefficient (Wildman–Crippen LogP) is 1.46. The fraction of sp³-hybridized carbons (Fsp3) is 0.600. The Labute approximate surface area is 94.5 Å². The first-order chi connectivity index (χ1) is 7.40. The van der Waals surface area contributed by atoms with E-state index in [-0.39, 0.29) is 0 Å². The van der Waals surface area contributed by atoms with E-state index in [1.54, 1.807) is 0 Å². The zero-order valence-electron chi connectivity index (χ0n) is 8.94. The van der Waals surface area contributed by atoms with Gasteiger partial charge in [-0.3, -0.25) is 0 Å². The Morgan fingerprint density at radius 3 is 3.00 bits per heavy atom. The molecule has 1 aromatic heterocycles. The first-order valence-electron chi connectivity index (χ1n) is 5.30. The standard InChI is InChI=1S/C10H16N4S/c1-2-11-10-12-4-3-9(13-10)14-5-7-15-8-6-14/h3-4H,2,5-8H2,1H3,(H,11,12,13). The van der Waals surface area contributed by atoms with Crippen LogP contribution in [0.5, 0.6) is 0 Å². The number of rotatable bonds is 3. The Morgan fingerprint density at radius 1 is 1.47 bits per heavy atom. The molecule has 0 radical (unpaired) electrons. The second kappa shape index (κ2) is 5.21. The van der Waals surface area contributed by atoms with Crippen LogP contribution in [0.2, 0.25) is 0 Å². The van der Waals surface area contributed by atoms with Gasteiger partial charge in [-0.15, -0.1) is 0 Å². The first kappa shape index (κ1) is 10.5. The molecule has 1 N–H and O–H groups in total. The predicted molar refractivity (Wildman–Crippen MR) is 65.7 cm³/mol. The number of nitrogens with one attached hydrogen (secondary N) is 1. The van der Waals surface area contributed by atoms with E-state index in [1.807, 2.05) is 30.9 Å². The van der Waals surface area contributed by atoms with Gasteiger partial charge in [0.25, 0.3) is 0 Å². The summed E-state index contributed by atoms with van der Waals surface area (Å²) in [7, 11) is 0. The molecule has 4 nitrogen and oxygen atoms in total. The lowest BCUT2D eigenvalue weighted by Crippen LogP contribution is -2.33. The van der Waals surface area contributed by atoms with Gasteiger partial charge in [0.15, 0.2) is 0 Å². The van der Waals surface area contributed by atoms with Crippen molar-refractivity contribution in [3.63, 3.8) is 0 Å². The van der Waals surface area contributed by atoms with Crippen LogP contribution in [0.1, 0.15) is 6.92 Å². The van der Waals surface area contributed by atoms with Crippen molar-refractivity contribution in [2.45, 2.75) is 6.92 Å². The smallest absolute Gasteiger partial charge is 0.224 e. The molecular weight excluding hydrogens is 208 g/mol. The third-order valence-electron chi connectivity index (χ3n) is 2.31. The van der Waals surface area contributed by atoms with Crippen molar-refractivity contribution < 1.29 is 0 Å². The monoisotopic (exact) mass is 224 g/mol. The molecule has 0 bridgehead atoms. The topological polar surface area (TPSA) is 41.1 Å². The van der Waals surface area contributed by atoms with Crippen LogP contribution in [0.25, 0.3) is 0 Å². The molecule has 15 heavy (non-hydrogen) atoms. The van der Waals surface area contributed by atoms with Crippen LogP contribution < -0.4 is 10.2 Å². The molecule has 0 spiro atoms. The average Bonchev–Trinajstić information content (AvgIpc) is 2.31. The number of aromatic nitrogens is 2. The summed E-state index contributed by atoms with van der Waals surface area (Å²) in [6.07, 6.45) is 1.82. The zero-order chi connectivity index (χ0) is 10.5. The van der Waals surface area contributed by atoms with E-state index in [2.05, 4.69) is 20.2 Å². The van der Waals surface area contributed by atoms with Crippen molar-refractivity contribution in [2.24, 2.45) is 0 Å². The highest BCUT2D eigenvalue weighted by molar-refractivity contribution is 7.99. The fourth-order valence-corrected chi connectivity index (χ4v) is 2.46. The lowest BCUT2D eigenvalue weighted by atomic mass is 10.4. The van der Waals surface area contributed by atoms with Gasteiger partial charge in [0.2, 0.25) is 5.95 Å². The summed E-state index contributed by atoms with van der Waals surface area (Å²) in [5, 5.41) is 3.13. The van der Waals surface area contributed by atoms with Crippen LogP contribution in [-0.4, -0.2) is 41.1 Å². The molecule has 82 valence electrons. The van der Waals surface area contributed by atoms with E-state index in [0.29, 0.717) is 0 Å². The van der Waals surface area contributed by atoms with Crippen molar-refractivity contribution in [1.82, 2.24) is 9.97 Å². The quantitative estimate of drug-likeness (QED) is 0.842. The summed E-state index contributed by atoms with van der Waals surface area (Å²) in [5.41, 5.74) is 0. The molecule has 1 aliphatic heterocycles. The summed E-state index contributed by atoms with van der Waals surface area (Å²) in [6.45, 7) is 5.09. The molecule has 0 atom stereocenters. The van der Waals surface area contributed by atoms with E-state index < -0.39 is 0 Å². The van der Waals surface area contributed by atoms with Gasteiger partial charge in [0.1, 0.15) is 5.82 Å². The van der Waals surface area contributed by atoms with Gasteiger partial charge in [-0.25, -0.2) is 4.98 Å². The largest absolute Gasteiger partial charge is 0.355 e. The molecule has 0 aliphatic carbocycles. The van der Waals surface area contributed by atoms with Crippen LogP contribution in [0.15, 0.2) is 12.3 Å². The maximum absolute atomic E-state index is 4.48. The molecule has 1 fully saturated rings. The Balaban J connectivity index is 2.09. The lowest BCUT2D eigenvalue weighted by Gasteiger charge is -2.27. The van der Waals surface area contributed by atoms with E-state index in [1.165, 1.54) is 11.5 Å². The summed E-state index contributed by atoms with van der Waals surface area (Å²) >= 11 is 2.01. The Bertz CT molecular complexity index is 312. The molecule has 0 aromatic carbocycles. The van der Waals surface area contributed by atoms with Gasteiger partial charge in [0.05, 0.1) is 0 Å². The minimum atomic E-state index is 0.730. The average molecular weight is 224 g/mol. The van der Waals surface area contributed by atoms with E-state index in [9.17, 15) is 0 Å². The van der Waals surface area contributed by atoms with Crippen molar-refractivity contribution >= 4 is 23.5 Å². The van der Waals surface area contributed by atoms with Crippen LogP contribution in [0.4, 0.5) is 11.8 Å².